The Morgan fingerprint density at radius 2 is 2.04 bits per heavy atom. The molecular weight excluding hydrogens is 334 g/mol. The van der Waals surface area contributed by atoms with E-state index in [1.54, 1.807) is 17.9 Å². The van der Waals surface area contributed by atoms with Crippen LogP contribution in [0.1, 0.15) is 31.0 Å². The standard InChI is InChI=1S/C19H23N3O2S/c1-4-12-22(18(23)11-10-17-13-25-15(3)20-17)14(2)19(24)21-16-8-6-5-7-9-16/h5-11,13-14H,4,12H2,1-3H3,(H,21,24)/b11-10+. The van der Waals surface area contributed by atoms with Crippen LogP contribution in [0, 0.1) is 6.92 Å². The van der Waals surface area contributed by atoms with E-state index in [9.17, 15) is 9.59 Å². The van der Waals surface area contributed by atoms with E-state index >= 15 is 0 Å². The lowest BCUT2D eigenvalue weighted by atomic mass is 10.2. The predicted molar refractivity (Wildman–Crippen MR) is 102 cm³/mol. The lowest BCUT2D eigenvalue weighted by Gasteiger charge is -2.27. The smallest absolute Gasteiger partial charge is 0.247 e. The summed E-state index contributed by atoms with van der Waals surface area (Å²) in [6.45, 7) is 6.16. The second-order valence-corrected chi connectivity index (χ2v) is 6.75. The lowest BCUT2D eigenvalue weighted by molar-refractivity contribution is -0.134. The molecule has 0 aliphatic carbocycles. The number of anilines is 1. The highest BCUT2D eigenvalue weighted by Crippen LogP contribution is 2.12. The first-order chi connectivity index (χ1) is 12.0. The summed E-state index contributed by atoms with van der Waals surface area (Å²) in [6, 6.07) is 8.68. The van der Waals surface area contributed by atoms with Gasteiger partial charge in [0.05, 0.1) is 10.7 Å². The molecule has 0 aliphatic heterocycles. The van der Waals surface area contributed by atoms with Crippen LogP contribution in [0.2, 0.25) is 0 Å². The molecule has 1 atom stereocenters. The summed E-state index contributed by atoms with van der Waals surface area (Å²) in [4.78, 5) is 30.9. The second-order valence-electron chi connectivity index (χ2n) is 5.69. The third kappa shape index (κ3) is 5.53. The SMILES string of the molecule is CCCN(C(=O)/C=C/c1csc(C)n1)C(C)C(=O)Nc1ccccc1. The Labute approximate surface area is 152 Å². The van der Waals surface area contributed by atoms with Crippen molar-refractivity contribution in [1.29, 1.82) is 0 Å². The van der Waals surface area contributed by atoms with E-state index in [1.165, 1.54) is 17.4 Å². The van der Waals surface area contributed by atoms with Gasteiger partial charge in [-0.3, -0.25) is 9.59 Å². The quantitative estimate of drug-likeness (QED) is 0.768. The average Bonchev–Trinajstić information content (AvgIpc) is 3.03. The van der Waals surface area contributed by atoms with E-state index in [2.05, 4.69) is 10.3 Å². The molecule has 0 saturated carbocycles. The molecule has 0 fully saturated rings. The Bertz CT molecular complexity index is 740. The lowest BCUT2D eigenvalue weighted by Crippen LogP contribution is -2.45. The number of benzene rings is 1. The minimum absolute atomic E-state index is 0.191. The van der Waals surface area contributed by atoms with Crippen molar-refractivity contribution in [2.45, 2.75) is 33.2 Å². The van der Waals surface area contributed by atoms with Gasteiger partial charge in [-0.05, 0) is 38.5 Å². The van der Waals surface area contributed by atoms with Gasteiger partial charge in [0.25, 0.3) is 0 Å². The van der Waals surface area contributed by atoms with Crippen molar-refractivity contribution >= 4 is 34.9 Å². The molecule has 1 N–H and O–H groups in total. The van der Waals surface area contributed by atoms with Crippen LogP contribution in [0.4, 0.5) is 5.69 Å². The number of amides is 2. The fourth-order valence-electron chi connectivity index (χ4n) is 2.35. The van der Waals surface area contributed by atoms with Crippen molar-refractivity contribution in [3.8, 4) is 0 Å². The topological polar surface area (TPSA) is 62.3 Å². The highest BCUT2D eigenvalue weighted by atomic mass is 32.1. The second kappa shape index (κ2) is 9.13. The number of nitrogens with one attached hydrogen (secondary N) is 1. The fourth-order valence-corrected chi connectivity index (χ4v) is 2.94. The molecule has 1 heterocycles. The molecular formula is C19H23N3O2S. The van der Waals surface area contributed by atoms with Crippen LogP contribution in [-0.2, 0) is 9.59 Å². The van der Waals surface area contributed by atoms with Crippen LogP contribution in [0.3, 0.4) is 0 Å². The molecule has 1 unspecified atom stereocenters. The highest BCUT2D eigenvalue weighted by Gasteiger charge is 2.23. The van der Waals surface area contributed by atoms with Crippen LogP contribution >= 0.6 is 11.3 Å². The predicted octanol–water partition coefficient (Wildman–Crippen LogP) is 3.73. The van der Waals surface area contributed by atoms with Gasteiger partial charge in [0.1, 0.15) is 6.04 Å². The van der Waals surface area contributed by atoms with Gasteiger partial charge in [0.15, 0.2) is 0 Å². The number of aryl methyl sites for hydroxylation is 1. The molecule has 2 amide bonds. The van der Waals surface area contributed by atoms with E-state index in [4.69, 9.17) is 0 Å². The number of nitrogens with zero attached hydrogens (tertiary/aromatic N) is 2. The monoisotopic (exact) mass is 357 g/mol. The molecule has 1 aromatic carbocycles. The van der Waals surface area contributed by atoms with Gasteiger partial charge >= 0.3 is 0 Å². The first kappa shape index (κ1) is 18.9. The normalized spacial score (nSPS) is 12.1. The summed E-state index contributed by atoms with van der Waals surface area (Å²) in [6.07, 6.45) is 3.95. The van der Waals surface area contributed by atoms with Crippen LogP contribution in [0.5, 0.6) is 0 Å². The number of carbonyl (C=O) groups is 2. The van der Waals surface area contributed by atoms with Gasteiger partial charge in [0.2, 0.25) is 11.8 Å². The van der Waals surface area contributed by atoms with Gasteiger partial charge in [-0.2, -0.15) is 0 Å². The Balaban J connectivity index is 2.05. The maximum Gasteiger partial charge on any atom is 0.247 e. The molecule has 25 heavy (non-hydrogen) atoms. The first-order valence-corrected chi connectivity index (χ1v) is 9.16. The summed E-state index contributed by atoms with van der Waals surface area (Å²) < 4.78 is 0. The van der Waals surface area contributed by atoms with E-state index < -0.39 is 6.04 Å². The van der Waals surface area contributed by atoms with E-state index in [-0.39, 0.29) is 11.8 Å². The molecule has 0 radical (unpaired) electrons. The zero-order valence-corrected chi connectivity index (χ0v) is 15.5. The number of hydrogen-bond donors (Lipinski definition) is 1. The Morgan fingerprint density at radius 1 is 1.32 bits per heavy atom. The minimum Gasteiger partial charge on any atom is -0.327 e. The molecule has 0 bridgehead atoms. The van der Waals surface area contributed by atoms with Crippen LogP contribution in [0.15, 0.2) is 41.8 Å². The third-order valence-corrected chi connectivity index (χ3v) is 4.46. The maximum atomic E-state index is 12.5. The number of thiazole rings is 1. The van der Waals surface area contributed by atoms with Crippen molar-refractivity contribution in [2.75, 3.05) is 11.9 Å². The van der Waals surface area contributed by atoms with Crippen molar-refractivity contribution in [3.05, 3.63) is 52.5 Å². The van der Waals surface area contributed by atoms with Crippen molar-refractivity contribution in [2.24, 2.45) is 0 Å². The van der Waals surface area contributed by atoms with Gasteiger partial charge in [-0.1, -0.05) is 25.1 Å². The average molecular weight is 357 g/mol. The highest BCUT2D eigenvalue weighted by molar-refractivity contribution is 7.09. The van der Waals surface area contributed by atoms with Crippen LogP contribution in [0.25, 0.3) is 6.08 Å². The van der Waals surface area contributed by atoms with Gasteiger partial charge < -0.3 is 10.2 Å². The van der Waals surface area contributed by atoms with Crippen molar-refractivity contribution in [1.82, 2.24) is 9.88 Å². The summed E-state index contributed by atoms with van der Waals surface area (Å²) >= 11 is 1.54. The number of rotatable bonds is 7. The number of hydrogen-bond acceptors (Lipinski definition) is 4. The van der Waals surface area contributed by atoms with E-state index in [0.29, 0.717) is 6.54 Å². The van der Waals surface area contributed by atoms with Gasteiger partial charge in [0, 0.05) is 23.7 Å². The largest absolute Gasteiger partial charge is 0.327 e. The van der Waals surface area contributed by atoms with Crippen LogP contribution < -0.4 is 5.32 Å². The third-order valence-electron chi connectivity index (χ3n) is 3.67. The molecule has 0 spiro atoms. The van der Waals surface area contributed by atoms with Crippen molar-refractivity contribution < 1.29 is 9.59 Å². The number of aromatic nitrogens is 1. The minimum atomic E-state index is -0.561. The summed E-state index contributed by atoms with van der Waals surface area (Å²) in [7, 11) is 0. The van der Waals surface area contributed by atoms with Crippen LogP contribution in [-0.4, -0.2) is 34.3 Å². The zero-order chi connectivity index (χ0) is 18.2. The molecule has 5 nitrogen and oxygen atoms in total. The summed E-state index contributed by atoms with van der Waals surface area (Å²) in [5.41, 5.74) is 1.48. The maximum absolute atomic E-state index is 12.5. The molecule has 132 valence electrons. The molecule has 1 aromatic heterocycles. The van der Waals surface area contributed by atoms with Gasteiger partial charge in [-0.15, -0.1) is 11.3 Å². The summed E-state index contributed by atoms with van der Waals surface area (Å²) in [5.74, 6) is -0.394. The Hall–Kier alpha value is -2.47. The Morgan fingerprint density at radius 3 is 2.64 bits per heavy atom. The molecule has 2 aromatic rings. The van der Waals surface area contributed by atoms with Crippen molar-refractivity contribution in [3.63, 3.8) is 0 Å². The summed E-state index contributed by atoms with van der Waals surface area (Å²) in [5, 5.41) is 5.69. The zero-order valence-electron chi connectivity index (χ0n) is 14.7. The first-order valence-electron chi connectivity index (χ1n) is 8.28. The molecule has 0 aliphatic rings. The number of para-hydroxylation sites is 1. The Kier molecular flexibility index (Phi) is 6.89. The van der Waals surface area contributed by atoms with E-state index in [0.717, 1.165) is 22.8 Å². The van der Waals surface area contributed by atoms with E-state index in [1.807, 2.05) is 49.6 Å². The fraction of sp³-hybridized carbons (Fsp3) is 0.316. The number of carbonyl (C=O) groups excluding carboxylic acids is 2. The molecule has 2 rings (SSSR count). The molecule has 6 heteroatoms. The van der Waals surface area contributed by atoms with Gasteiger partial charge in [-0.25, -0.2) is 4.98 Å². The molecule has 0 saturated heterocycles.